The number of hydrogen-bond acceptors (Lipinski definition) is 3. The molecule has 0 aliphatic rings. The van der Waals surface area contributed by atoms with Gasteiger partial charge < -0.3 is 4.74 Å². The normalized spacial score (nSPS) is 11.6. The van der Waals surface area contributed by atoms with E-state index >= 15 is 0 Å². The van der Waals surface area contributed by atoms with Gasteiger partial charge in [-0.1, -0.05) is 34.1 Å². The Balaban J connectivity index is 1.96. The van der Waals surface area contributed by atoms with E-state index < -0.39 is 10.0 Å². The lowest BCUT2D eigenvalue weighted by Gasteiger charge is -2.17. The number of halogens is 1. The molecule has 0 aliphatic heterocycles. The van der Waals surface area contributed by atoms with Gasteiger partial charge in [-0.25, -0.2) is 8.42 Å². The van der Waals surface area contributed by atoms with Crippen molar-refractivity contribution in [2.75, 3.05) is 20.2 Å². The highest BCUT2D eigenvalue weighted by Crippen LogP contribution is 2.17. The average molecular weight is 370 g/mol. The first kappa shape index (κ1) is 16.0. The van der Waals surface area contributed by atoms with Crippen LogP contribution in [0.15, 0.2) is 64.0 Å². The van der Waals surface area contributed by atoms with E-state index in [1.54, 1.807) is 31.3 Å². The Hall–Kier alpha value is -1.37. The molecule has 6 heteroatoms. The van der Waals surface area contributed by atoms with Gasteiger partial charge in [0.2, 0.25) is 10.0 Å². The summed E-state index contributed by atoms with van der Waals surface area (Å²) in [5.41, 5.74) is 0. The fourth-order valence-electron chi connectivity index (χ4n) is 1.72. The zero-order valence-electron chi connectivity index (χ0n) is 11.6. The molecule has 0 saturated heterocycles. The standard InChI is InChI=1S/C15H16BrNO3S/c1-17(11-12-20-14-5-3-2-4-6-14)21(18,19)15-9-7-13(16)8-10-15/h2-10H,11-12H2,1H3. The minimum atomic E-state index is -3.48. The Kier molecular flexibility index (Phi) is 5.39. The van der Waals surface area contributed by atoms with Crippen molar-refractivity contribution in [2.45, 2.75) is 4.90 Å². The summed E-state index contributed by atoms with van der Waals surface area (Å²) in [6.45, 7) is 0.587. The largest absolute Gasteiger partial charge is 0.492 e. The number of sulfonamides is 1. The van der Waals surface area contributed by atoms with Crippen molar-refractivity contribution in [3.05, 3.63) is 59.1 Å². The molecule has 0 atom stereocenters. The fourth-order valence-corrected chi connectivity index (χ4v) is 3.13. The third-order valence-electron chi connectivity index (χ3n) is 2.94. The van der Waals surface area contributed by atoms with E-state index in [4.69, 9.17) is 4.74 Å². The van der Waals surface area contributed by atoms with Crippen LogP contribution in [-0.2, 0) is 10.0 Å². The van der Waals surface area contributed by atoms with Gasteiger partial charge in [0.05, 0.1) is 4.90 Å². The zero-order chi connectivity index (χ0) is 15.3. The molecule has 2 aromatic rings. The van der Waals surface area contributed by atoms with E-state index in [0.717, 1.165) is 10.2 Å². The van der Waals surface area contributed by atoms with Gasteiger partial charge in [-0.05, 0) is 36.4 Å². The second-order valence-corrected chi connectivity index (χ2v) is 7.40. The third-order valence-corrected chi connectivity index (χ3v) is 5.34. The molecule has 2 rings (SSSR count). The molecule has 0 radical (unpaired) electrons. The van der Waals surface area contributed by atoms with Gasteiger partial charge in [0.15, 0.2) is 0 Å². The van der Waals surface area contributed by atoms with E-state index in [9.17, 15) is 8.42 Å². The molecule has 0 bridgehead atoms. The Morgan fingerprint density at radius 1 is 1.05 bits per heavy atom. The molecule has 4 nitrogen and oxygen atoms in total. The minimum absolute atomic E-state index is 0.271. The first-order valence-corrected chi connectivity index (χ1v) is 8.63. The average Bonchev–Trinajstić information content (AvgIpc) is 2.48. The van der Waals surface area contributed by atoms with Crippen LogP contribution in [0.3, 0.4) is 0 Å². The summed E-state index contributed by atoms with van der Waals surface area (Å²) in [7, 11) is -1.93. The van der Waals surface area contributed by atoms with Crippen molar-refractivity contribution in [1.29, 1.82) is 0 Å². The first-order chi connectivity index (χ1) is 10.00. The molecule has 0 fully saturated rings. The van der Waals surface area contributed by atoms with Gasteiger partial charge >= 0.3 is 0 Å². The highest BCUT2D eigenvalue weighted by molar-refractivity contribution is 9.10. The molecule has 2 aromatic carbocycles. The maximum absolute atomic E-state index is 12.3. The molecule has 0 amide bonds. The van der Waals surface area contributed by atoms with Gasteiger partial charge in [-0.15, -0.1) is 0 Å². The smallest absolute Gasteiger partial charge is 0.242 e. The predicted octanol–water partition coefficient (Wildman–Crippen LogP) is 3.15. The van der Waals surface area contributed by atoms with E-state index in [1.165, 1.54) is 4.31 Å². The number of benzene rings is 2. The van der Waals surface area contributed by atoms with Crippen molar-refractivity contribution >= 4 is 26.0 Å². The Bertz CT molecular complexity index is 672. The molecule has 0 aliphatic carbocycles. The lowest BCUT2D eigenvalue weighted by Crippen LogP contribution is -2.31. The molecular formula is C15H16BrNO3S. The van der Waals surface area contributed by atoms with Crippen LogP contribution in [0, 0.1) is 0 Å². The van der Waals surface area contributed by atoms with Crippen LogP contribution in [0.1, 0.15) is 0 Å². The monoisotopic (exact) mass is 369 g/mol. The van der Waals surface area contributed by atoms with E-state index in [0.29, 0.717) is 6.61 Å². The Labute approximate surface area is 133 Å². The summed E-state index contributed by atoms with van der Waals surface area (Å²) in [6.07, 6.45) is 0. The number of rotatable bonds is 6. The topological polar surface area (TPSA) is 46.6 Å². The molecule has 0 unspecified atom stereocenters. The number of para-hydroxylation sites is 1. The van der Waals surface area contributed by atoms with Crippen LogP contribution < -0.4 is 4.74 Å². The first-order valence-electron chi connectivity index (χ1n) is 6.40. The van der Waals surface area contributed by atoms with Crippen molar-refractivity contribution in [1.82, 2.24) is 4.31 Å². The highest BCUT2D eigenvalue weighted by atomic mass is 79.9. The maximum Gasteiger partial charge on any atom is 0.242 e. The van der Waals surface area contributed by atoms with Crippen LogP contribution in [-0.4, -0.2) is 32.9 Å². The second kappa shape index (κ2) is 7.06. The number of likely N-dealkylation sites (N-methyl/N-ethyl adjacent to an activating group) is 1. The molecule has 0 N–H and O–H groups in total. The molecule has 0 aromatic heterocycles. The fraction of sp³-hybridized carbons (Fsp3) is 0.200. The quantitative estimate of drug-likeness (QED) is 0.785. The van der Waals surface area contributed by atoms with Gasteiger partial charge in [-0.2, -0.15) is 4.31 Å². The molecule has 21 heavy (non-hydrogen) atoms. The lowest BCUT2D eigenvalue weighted by atomic mass is 10.3. The lowest BCUT2D eigenvalue weighted by molar-refractivity contribution is 0.287. The van der Waals surface area contributed by atoms with Crippen LogP contribution in [0.25, 0.3) is 0 Å². The summed E-state index contributed by atoms with van der Waals surface area (Å²) in [6, 6.07) is 15.9. The minimum Gasteiger partial charge on any atom is -0.492 e. The van der Waals surface area contributed by atoms with Gasteiger partial charge in [0, 0.05) is 18.1 Å². The predicted molar refractivity (Wildman–Crippen MR) is 85.9 cm³/mol. The molecule has 0 heterocycles. The number of nitrogens with zero attached hydrogens (tertiary/aromatic N) is 1. The summed E-state index contributed by atoms with van der Waals surface area (Å²) in [5, 5.41) is 0. The summed E-state index contributed by atoms with van der Waals surface area (Å²) in [5.74, 6) is 0.729. The SMILES string of the molecule is CN(CCOc1ccccc1)S(=O)(=O)c1ccc(Br)cc1. The number of hydrogen-bond donors (Lipinski definition) is 0. The van der Waals surface area contributed by atoms with E-state index in [-0.39, 0.29) is 11.4 Å². The van der Waals surface area contributed by atoms with E-state index in [1.807, 2.05) is 30.3 Å². The Morgan fingerprint density at radius 2 is 1.67 bits per heavy atom. The highest BCUT2D eigenvalue weighted by Gasteiger charge is 2.20. The van der Waals surface area contributed by atoms with Crippen LogP contribution in [0.2, 0.25) is 0 Å². The molecule has 112 valence electrons. The molecule has 0 saturated carbocycles. The van der Waals surface area contributed by atoms with E-state index in [2.05, 4.69) is 15.9 Å². The van der Waals surface area contributed by atoms with Crippen LogP contribution in [0.4, 0.5) is 0 Å². The molecule has 0 spiro atoms. The maximum atomic E-state index is 12.3. The second-order valence-electron chi connectivity index (χ2n) is 4.44. The van der Waals surface area contributed by atoms with Crippen molar-refractivity contribution in [3.8, 4) is 5.75 Å². The summed E-state index contributed by atoms with van der Waals surface area (Å²) < 4.78 is 32.3. The van der Waals surface area contributed by atoms with Gasteiger partial charge in [-0.3, -0.25) is 0 Å². The van der Waals surface area contributed by atoms with Crippen molar-refractivity contribution in [3.63, 3.8) is 0 Å². The third kappa shape index (κ3) is 4.30. The summed E-state index contributed by atoms with van der Waals surface area (Å²) >= 11 is 3.29. The van der Waals surface area contributed by atoms with Crippen molar-refractivity contribution in [2.24, 2.45) is 0 Å². The van der Waals surface area contributed by atoms with Crippen LogP contribution >= 0.6 is 15.9 Å². The molecular weight excluding hydrogens is 354 g/mol. The number of ether oxygens (including phenoxy) is 1. The van der Waals surface area contributed by atoms with Gasteiger partial charge in [0.1, 0.15) is 12.4 Å². The van der Waals surface area contributed by atoms with Gasteiger partial charge in [0.25, 0.3) is 0 Å². The van der Waals surface area contributed by atoms with Crippen molar-refractivity contribution < 1.29 is 13.2 Å². The zero-order valence-corrected chi connectivity index (χ0v) is 14.0. The Morgan fingerprint density at radius 3 is 2.29 bits per heavy atom. The van der Waals surface area contributed by atoms with Crippen LogP contribution in [0.5, 0.6) is 5.75 Å². The summed E-state index contributed by atoms with van der Waals surface area (Å²) in [4.78, 5) is 0.271.